The van der Waals surface area contributed by atoms with Crippen LogP contribution in [-0.4, -0.2) is 26.9 Å². The minimum Gasteiger partial charge on any atom is -0.345 e. The van der Waals surface area contributed by atoms with Gasteiger partial charge in [0.15, 0.2) is 11.0 Å². The maximum atomic E-state index is 13.2. The summed E-state index contributed by atoms with van der Waals surface area (Å²) < 4.78 is 54.1. The van der Waals surface area contributed by atoms with Gasteiger partial charge in [0.1, 0.15) is 5.82 Å². The average molecular weight is 410 g/mol. The van der Waals surface area contributed by atoms with Crippen LogP contribution in [-0.2, 0) is 12.7 Å². The summed E-state index contributed by atoms with van der Waals surface area (Å²) in [4.78, 5) is 12.3. The Labute approximate surface area is 161 Å². The van der Waals surface area contributed by atoms with Crippen molar-refractivity contribution in [2.45, 2.75) is 17.9 Å². The van der Waals surface area contributed by atoms with E-state index in [1.54, 1.807) is 10.8 Å². The minimum atomic E-state index is -4.64. The van der Waals surface area contributed by atoms with Crippen LogP contribution in [0.15, 0.2) is 53.7 Å². The second kappa shape index (κ2) is 8.01. The molecule has 5 nitrogen and oxygen atoms in total. The largest absolute Gasteiger partial charge is 0.417 e. The maximum absolute atomic E-state index is 13.2. The molecule has 0 unspecified atom stereocenters. The van der Waals surface area contributed by atoms with Gasteiger partial charge in [0, 0.05) is 5.69 Å². The van der Waals surface area contributed by atoms with Gasteiger partial charge in [0.25, 0.3) is 5.91 Å². The number of nitrogens with zero attached hydrogens (tertiary/aromatic N) is 3. The molecular formula is C18H14F4N4OS. The molecule has 3 rings (SSSR count). The zero-order valence-corrected chi connectivity index (χ0v) is 15.3. The van der Waals surface area contributed by atoms with Crippen molar-refractivity contribution in [1.29, 1.82) is 0 Å². The fourth-order valence-electron chi connectivity index (χ4n) is 2.58. The molecule has 0 spiro atoms. The molecule has 146 valence electrons. The highest BCUT2D eigenvalue weighted by Gasteiger charge is 2.34. The number of amides is 1. The van der Waals surface area contributed by atoms with Crippen LogP contribution >= 0.6 is 11.8 Å². The molecule has 28 heavy (non-hydrogen) atoms. The van der Waals surface area contributed by atoms with Crippen molar-refractivity contribution in [3.05, 3.63) is 71.3 Å². The number of rotatable bonds is 5. The van der Waals surface area contributed by atoms with Gasteiger partial charge in [-0.2, -0.15) is 13.2 Å². The fraction of sp³-hybridized carbons (Fsp3) is 0.167. The van der Waals surface area contributed by atoms with Crippen molar-refractivity contribution in [2.75, 3.05) is 6.26 Å². The number of alkyl halides is 3. The molecule has 10 heteroatoms. The van der Waals surface area contributed by atoms with Crippen LogP contribution < -0.4 is 5.32 Å². The predicted molar refractivity (Wildman–Crippen MR) is 95.7 cm³/mol. The van der Waals surface area contributed by atoms with Crippen LogP contribution in [0.2, 0.25) is 0 Å². The van der Waals surface area contributed by atoms with Gasteiger partial charge in [0.2, 0.25) is 0 Å². The van der Waals surface area contributed by atoms with E-state index in [1.807, 2.05) is 0 Å². The molecule has 0 aliphatic rings. The van der Waals surface area contributed by atoms with E-state index >= 15 is 0 Å². The second-order valence-electron chi connectivity index (χ2n) is 5.64. The van der Waals surface area contributed by atoms with Crippen molar-refractivity contribution >= 4 is 17.7 Å². The van der Waals surface area contributed by atoms with Crippen LogP contribution in [0.5, 0.6) is 0 Å². The molecule has 0 radical (unpaired) electrons. The number of carbonyl (C=O) groups is 1. The Balaban J connectivity index is 1.86. The Morgan fingerprint density at radius 1 is 1.11 bits per heavy atom. The third kappa shape index (κ3) is 4.16. The van der Waals surface area contributed by atoms with E-state index in [2.05, 4.69) is 15.5 Å². The smallest absolute Gasteiger partial charge is 0.345 e. The lowest BCUT2D eigenvalue weighted by atomic mass is 10.1. The van der Waals surface area contributed by atoms with E-state index in [-0.39, 0.29) is 6.54 Å². The third-order valence-electron chi connectivity index (χ3n) is 3.85. The highest BCUT2D eigenvalue weighted by atomic mass is 32.2. The van der Waals surface area contributed by atoms with Crippen molar-refractivity contribution in [3.8, 4) is 5.69 Å². The van der Waals surface area contributed by atoms with E-state index < -0.39 is 29.0 Å². The van der Waals surface area contributed by atoms with Crippen LogP contribution in [0.3, 0.4) is 0 Å². The summed E-state index contributed by atoms with van der Waals surface area (Å²) in [5.41, 5.74) is -0.930. The molecule has 0 aliphatic heterocycles. The summed E-state index contributed by atoms with van der Waals surface area (Å²) >= 11 is 1.29. The Bertz CT molecular complexity index is 986. The van der Waals surface area contributed by atoms with Crippen molar-refractivity contribution in [3.63, 3.8) is 0 Å². The van der Waals surface area contributed by atoms with Crippen LogP contribution in [0, 0.1) is 5.82 Å². The molecule has 0 fully saturated rings. The van der Waals surface area contributed by atoms with E-state index in [0.717, 1.165) is 12.1 Å². The van der Waals surface area contributed by atoms with Crippen LogP contribution in [0.25, 0.3) is 5.69 Å². The van der Waals surface area contributed by atoms with Crippen molar-refractivity contribution in [1.82, 2.24) is 20.1 Å². The Morgan fingerprint density at radius 2 is 1.79 bits per heavy atom. The fourth-order valence-corrected chi connectivity index (χ4v) is 3.10. The lowest BCUT2D eigenvalue weighted by molar-refractivity contribution is -0.137. The first-order valence-corrected chi connectivity index (χ1v) is 9.22. The Kier molecular flexibility index (Phi) is 5.68. The highest BCUT2D eigenvalue weighted by molar-refractivity contribution is 7.98. The Hall–Kier alpha value is -2.88. The molecule has 0 bridgehead atoms. The van der Waals surface area contributed by atoms with E-state index in [1.165, 1.54) is 48.2 Å². The number of carbonyl (C=O) groups excluding carboxylic acids is 1. The topological polar surface area (TPSA) is 59.8 Å². The SMILES string of the molecule is CSc1nnc(CNC(=O)c2ccccc2C(F)(F)F)n1-c1ccc(F)cc1. The van der Waals surface area contributed by atoms with E-state index in [4.69, 9.17) is 0 Å². The van der Waals surface area contributed by atoms with Gasteiger partial charge in [-0.05, 0) is 42.7 Å². The monoisotopic (exact) mass is 410 g/mol. The van der Waals surface area contributed by atoms with E-state index in [9.17, 15) is 22.4 Å². The summed E-state index contributed by atoms with van der Waals surface area (Å²) in [5.74, 6) is -0.998. The number of hydrogen-bond donors (Lipinski definition) is 1. The lowest BCUT2D eigenvalue weighted by Crippen LogP contribution is -2.27. The quantitative estimate of drug-likeness (QED) is 0.509. The average Bonchev–Trinajstić information content (AvgIpc) is 3.09. The molecule has 1 heterocycles. The van der Waals surface area contributed by atoms with Gasteiger partial charge in [-0.3, -0.25) is 9.36 Å². The van der Waals surface area contributed by atoms with Gasteiger partial charge >= 0.3 is 6.18 Å². The zero-order chi connectivity index (χ0) is 20.3. The molecule has 0 saturated carbocycles. The normalized spacial score (nSPS) is 11.5. The predicted octanol–water partition coefficient (Wildman–Crippen LogP) is 4.08. The summed E-state index contributed by atoms with van der Waals surface area (Å²) in [6.45, 7) is -0.157. The molecule has 0 saturated heterocycles. The minimum absolute atomic E-state index is 0.157. The standard InChI is InChI=1S/C18H14F4N4OS/c1-28-17-25-24-15(26(17)12-8-6-11(19)7-9-12)10-23-16(27)13-4-2-3-5-14(13)18(20,21)22/h2-9H,10H2,1H3,(H,23,27). The molecule has 1 N–H and O–H groups in total. The van der Waals surface area contributed by atoms with Crippen LogP contribution in [0.4, 0.5) is 17.6 Å². The number of hydrogen-bond acceptors (Lipinski definition) is 4. The van der Waals surface area contributed by atoms with Gasteiger partial charge in [-0.15, -0.1) is 10.2 Å². The van der Waals surface area contributed by atoms with Gasteiger partial charge in [-0.25, -0.2) is 4.39 Å². The van der Waals surface area contributed by atoms with Crippen molar-refractivity contribution in [2.24, 2.45) is 0 Å². The van der Waals surface area contributed by atoms with Gasteiger partial charge < -0.3 is 5.32 Å². The summed E-state index contributed by atoms with van der Waals surface area (Å²) in [5, 5.41) is 10.9. The molecule has 0 aliphatic carbocycles. The first kappa shape index (κ1) is 19.9. The van der Waals surface area contributed by atoms with E-state index in [0.29, 0.717) is 16.7 Å². The number of thioether (sulfide) groups is 1. The third-order valence-corrected chi connectivity index (χ3v) is 4.48. The lowest BCUT2D eigenvalue weighted by Gasteiger charge is -2.13. The van der Waals surface area contributed by atoms with Crippen LogP contribution in [0.1, 0.15) is 21.7 Å². The molecule has 3 aromatic rings. The summed E-state index contributed by atoms with van der Waals surface area (Å²) in [6.07, 6.45) is -2.87. The number of halogens is 4. The first-order chi connectivity index (χ1) is 13.3. The molecule has 1 amide bonds. The molecule has 1 aromatic heterocycles. The van der Waals surface area contributed by atoms with Crippen molar-refractivity contribution < 1.29 is 22.4 Å². The second-order valence-corrected chi connectivity index (χ2v) is 6.41. The first-order valence-electron chi connectivity index (χ1n) is 8.00. The van der Waals surface area contributed by atoms with Gasteiger partial charge in [-0.1, -0.05) is 23.9 Å². The molecule has 0 atom stereocenters. The number of benzene rings is 2. The number of nitrogens with one attached hydrogen (secondary N) is 1. The molecular weight excluding hydrogens is 396 g/mol. The summed E-state index contributed by atoms with van der Waals surface area (Å²) in [6, 6.07) is 10.1. The summed E-state index contributed by atoms with van der Waals surface area (Å²) in [7, 11) is 0. The zero-order valence-electron chi connectivity index (χ0n) is 14.5. The number of aromatic nitrogens is 3. The molecule has 2 aromatic carbocycles. The maximum Gasteiger partial charge on any atom is 0.417 e. The van der Waals surface area contributed by atoms with Gasteiger partial charge in [0.05, 0.1) is 17.7 Å². The highest BCUT2D eigenvalue weighted by Crippen LogP contribution is 2.31. The Morgan fingerprint density at radius 3 is 2.43 bits per heavy atom.